The first-order valence-electron chi connectivity index (χ1n) is 6.93. The summed E-state index contributed by atoms with van der Waals surface area (Å²) in [6.07, 6.45) is -2.17. The van der Waals surface area contributed by atoms with Gasteiger partial charge in [0.2, 0.25) is 0 Å². The molecule has 1 amide bonds. The lowest BCUT2D eigenvalue weighted by Gasteiger charge is -2.22. The van der Waals surface area contributed by atoms with Crippen molar-refractivity contribution in [1.82, 2.24) is 5.32 Å². The monoisotopic (exact) mass is 293 g/mol. The molecule has 0 saturated heterocycles. The molecule has 0 aromatic heterocycles. The van der Waals surface area contributed by atoms with Crippen molar-refractivity contribution in [3.8, 4) is 0 Å². The first-order chi connectivity index (χ1) is 10.0. The SMILES string of the molecule is CCOC(=O)[C@H]1C[C@H](O)[C@H](O)[C@H]1NC(=O)c1ccccc1. The van der Waals surface area contributed by atoms with E-state index in [-0.39, 0.29) is 13.0 Å². The van der Waals surface area contributed by atoms with Crippen molar-refractivity contribution in [1.29, 1.82) is 0 Å². The minimum absolute atomic E-state index is 0.0692. The van der Waals surface area contributed by atoms with Gasteiger partial charge >= 0.3 is 5.97 Å². The van der Waals surface area contributed by atoms with Gasteiger partial charge in [-0.2, -0.15) is 0 Å². The molecular formula is C15H19NO5. The summed E-state index contributed by atoms with van der Waals surface area (Å²) in [6, 6.07) is 7.63. The molecule has 0 unspecified atom stereocenters. The summed E-state index contributed by atoms with van der Waals surface area (Å²) >= 11 is 0. The molecule has 1 aliphatic carbocycles. The zero-order valence-corrected chi connectivity index (χ0v) is 11.7. The van der Waals surface area contributed by atoms with Gasteiger partial charge in [0.25, 0.3) is 5.91 Å². The number of carbonyl (C=O) groups excluding carboxylic acids is 2. The third-order valence-electron chi connectivity index (χ3n) is 3.61. The Morgan fingerprint density at radius 1 is 1.29 bits per heavy atom. The number of hydrogen-bond acceptors (Lipinski definition) is 5. The van der Waals surface area contributed by atoms with Gasteiger partial charge in [0.05, 0.1) is 24.7 Å². The summed E-state index contributed by atoms with van der Waals surface area (Å²) in [5.41, 5.74) is 0.425. The van der Waals surface area contributed by atoms with Crippen molar-refractivity contribution in [3.05, 3.63) is 35.9 Å². The average Bonchev–Trinajstić information content (AvgIpc) is 2.77. The fourth-order valence-electron chi connectivity index (χ4n) is 2.53. The molecule has 0 radical (unpaired) electrons. The molecular weight excluding hydrogens is 274 g/mol. The summed E-state index contributed by atoms with van der Waals surface area (Å²) in [6.45, 7) is 1.89. The van der Waals surface area contributed by atoms with Crippen LogP contribution in [0.1, 0.15) is 23.7 Å². The molecule has 21 heavy (non-hydrogen) atoms. The van der Waals surface area contributed by atoms with E-state index >= 15 is 0 Å². The van der Waals surface area contributed by atoms with Crippen molar-refractivity contribution in [3.63, 3.8) is 0 Å². The third-order valence-corrected chi connectivity index (χ3v) is 3.61. The number of hydrogen-bond donors (Lipinski definition) is 3. The molecule has 1 aromatic carbocycles. The summed E-state index contributed by atoms with van der Waals surface area (Å²) in [4.78, 5) is 24.0. The van der Waals surface area contributed by atoms with Gasteiger partial charge in [0.15, 0.2) is 0 Å². The number of esters is 1. The first kappa shape index (κ1) is 15.5. The molecule has 1 fully saturated rings. The smallest absolute Gasteiger partial charge is 0.311 e. The highest BCUT2D eigenvalue weighted by molar-refractivity contribution is 5.94. The van der Waals surface area contributed by atoms with Crippen LogP contribution in [0, 0.1) is 5.92 Å². The Labute approximate surface area is 122 Å². The van der Waals surface area contributed by atoms with E-state index in [1.165, 1.54) is 0 Å². The highest BCUT2D eigenvalue weighted by Crippen LogP contribution is 2.28. The number of rotatable bonds is 4. The van der Waals surface area contributed by atoms with Crippen LogP contribution in [0.25, 0.3) is 0 Å². The summed E-state index contributed by atoms with van der Waals surface area (Å²) < 4.78 is 4.93. The number of aliphatic hydroxyl groups excluding tert-OH is 2. The van der Waals surface area contributed by atoms with E-state index < -0.39 is 36.0 Å². The number of benzene rings is 1. The summed E-state index contributed by atoms with van der Waals surface area (Å²) in [7, 11) is 0. The van der Waals surface area contributed by atoms with Gasteiger partial charge in [0.1, 0.15) is 6.10 Å². The van der Waals surface area contributed by atoms with E-state index in [2.05, 4.69) is 5.32 Å². The molecule has 114 valence electrons. The Hall–Kier alpha value is -1.92. The van der Waals surface area contributed by atoms with Crippen molar-refractivity contribution in [2.24, 2.45) is 5.92 Å². The Morgan fingerprint density at radius 3 is 2.57 bits per heavy atom. The van der Waals surface area contributed by atoms with Crippen molar-refractivity contribution >= 4 is 11.9 Å². The minimum Gasteiger partial charge on any atom is -0.466 e. The van der Waals surface area contributed by atoms with E-state index in [0.29, 0.717) is 5.56 Å². The van der Waals surface area contributed by atoms with E-state index in [9.17, 15) is 19.8 Å². The quantitative estimate of drug-likeness (QED) is 0.684. The summed E-state index contributed by atoms with van der Waals surface area (Å²) in [5, 5.41) is 22.3. The zero-order valence-electron chi connectivity index (χ0n) is 11.7. The Balaban J connectivity index is 2.11. The molecule has 0 bridgehead atoms. The Bertz CT molecular complexity index is 504. The van der Waals surface area contributed by atoms with Crippen LogP contribution in [0.2, 0.25) is 0 Å². The van der Waals surface area contributed by atoms with E-state index in [4.69, 9.17) is 4.74 Å². The molecule has 0 spiro atoms. The third kappa shape index (κ3) is 3.40. The maximum absolute atomic E-state index is 12.1. The topological polar surface area (TPSA) is 95.9 Å². The van der Waals surface area contributed by atoms with Gasteiger partial charge < -0.3 is 20.3 Å². The van der Waals surface area contributed by atoms with Crippen LogP contribution in [0.4, 0.5) is 0 Å². The van der Waals surface area contributed by atoms with Crippen molar-refractivity contribution in [2.45, 2.75) is 31.6 Å². The second-order valence-electron chi connectivity index (χ2n) is 5.02. The van der Waals surface area contributed by atoms with E-state index in [0.717, 1.165) is 0 Å². The van der Waals surface area contributed by atoms with Crippen molar-refractivity contribution < 1.29 is 24.5 Å². The zero-order chi connectivity index (χ0) is 15.4. The number of ether oxygens (including phenoxy) is 1. The lowest BCUT2D eigenvalue weighted by molar-refractivity contribution is -0.148. The number of amides is 1. The lowest BCUT2D eigenvalue weighted by Crippen LogP contribution is -2.47. The maximum atomic E-state index is 12.1. The van der Waals surface area contributed by atoms with E-state index in [1.807, 2.05) is 0 Å². The second-order valence-corrected chi connectivity index (χ2v) is 5.02. The number of aliphatic hydroxyl groups is 2. The van der Waals surface area contributed by atoms with Gasteiger partial charge in [0, 0.05) is 5.56 Å². The molecule has 1 saturated carbocycles. The van der Waals surface area contributed by atoms with Gasteiger partial charge in [-0.05, 0) is 25.5 Å². The first-order valence-corrected chi connectivity index (χ1v) is 6.93. The Morgan fingerprint density at radius 2 is 1.95 bits per heavy atom. The fourth-order valence-corrected chi connectivity index (χ4v) is 2.53. The molecule has 1 aliphatic rings. The standard InChI is InChI=1S/C15H19NO5/c1-2-21-15(20)10-8-11(17)13(18)12(10)16-14(19)9-6-4-3-5-7-9/h3-7,10-13,17-18H,2,8H2,1H3,(H,16,19)/t10-,11-,12-,13-/m0/s1. The number of carbonyl (C=O) groups is 2. The largest absolute Gasteiger partial charge is 0.466 e. The van der Waals surface area contributed by atoms with Gasteiger partial charge in [-0.3, -0.25) is 9.59 Å². The van der Waals surface area contributed by atoms with Crippen LogP contribution in [0.3, 0.4) is 0 Å². The van der Waals surface area contributed by atoms with Crippen LogP contribution in [-0.2, 0) is 9.53 Å². The highest BCUT2D eigenvalue weighted by Gasteiger charge is 2.46. The second kappa shape index (κ2) is 6.69. The van der Waals surface area contributed by atoms with Crippen molar-refractivity contribution in [2.75, 3.05) is 6.61 Å². The van der Waals surface area contributed by atoms with Crippen LogP contribution in [-0.4, -0.2) is 46.9 Å². The maximum Gasteiger partial charge on any atom is 0.311 e. The molecule has 0 heterocycles. The van der Waals surface area contributed by atoms with Crippen LogP contribution < -0.4 is 5.32 Å². The Kier molecular flexibility index (Phi) is 4.93. The van der Waals surface area contributed by atoms with Crippen LogP contribution in [0.15, 0.2) is 30.3 Å². The normalized spacial score (nSPS) is 28.1. The van der Waals surface area contributed by atoms with Gasteiger partial charge in [-0.25, -0.2) is 0 Å². The molecule has 4 atom stereocenters. The molecule has 6 nitrogen and oxygen atoms in total. The molecule has 0 aliphatic heterocycles. The average molecular weight is 293 g/mol. The summed E-state index contributed by atoms with van der Waals surface area (Å²) in [5.74, 6) is -1.67. The molecule has 3 N–H and O–H groups in total. The van der Waals surface area contributed by atoms with Gasteiger partial charge in [-0.1, -0.05) is 18.2 Å². The predicted molar refractivity (Wildman–Crippen MR) is 74.4 cm³/mol. The molecule has 1 aromatic rings. The highest BCUT2D eigenvalue weighted by atomic mass is 16.5. The number of nitrogens with one attached hydrogen (secondary N) is 1. The minimum atomic E-state index is -1.19. The van der Waals surface area contributed by atoms with Gasteiger partial charge in [-0.15, -0.1) is 0 Å². The predicted octanol–water partition coefficient (Wildman–Crippen LogP) is 0.0898. The molecule has 6 heteroatoms. The van der Waals surface area contributed by atoms with Crippen LogP contribution in [0.5, 0.6) is 0 Å². The molecule has 2 rings (SSSR count). The fraction of sp³-hybridized carbons (Fsp3) is 0.467. The van der Waals surface area contributed by atoms with Crippen LogP contribution >= 0.6 is 0 Å². The van der Waals surface area contributed by atoms with E-state index in [1.54, 1.807) is 37.3 Å². The lowest BCUT2D eigenvalue weighted by atomic mass is 10.0.